The van der Waals surface area contributed by atoms with Crippen molar-refractivity contribution in [2.45, 2.75) is 32.7 Å². The highest BCUT2D eigenvalue weighted by molar-refractivity contribution is 5.45. The smallest absolute Gasteiger partial charge is 0.160 e. The van der Waals surface area contributed by atoms with Crippen molar-refractivity contribution in [3.8, 4) is 0 Å². The van der Waals surface area contributed by atoms with Crippen molar-refractivity contribution in [2.24, 2.45) is 11.8 Å². The van der Waals surface area contributed by atoms with E-state index in [0.717, 1.165) is 12.4 Å². The minimum atomic E-state index is 0.618. The molecule has 2 rings (SSSR count). The molecule has 88 valence electrons. The highest BCUT2D eigenvalue weighted by atomic mass is 15.3. The van der Waals surface area contributed by atoms with Crippen LogP contribution in [0.5, 0.6) is 0 Å². The lowest BCUT2D eigenvalue weighted by molar-refractivity contribution is 0.602. The van der Waals surface area contributed by atoms with E-state index in [-0.39, 0.29) is 0 Å². The van der Waals surface area contributed by atoms with Crippen molar-refractivity contribution in [2.75, 3.05) is 16.9 Å². The lowest BCUT2D eigenvalue weighted by Crippen LogP contribution is -2.31. The molecule has 0 aromatic carbocycles. The molecule has 1 aromatic heterocycles. The Bertz CT molecular complexity index is 348. The summed E-state index contributed by atoms with van der Waals surface area (Å²) in [5.41, 5.74) is 2.53. The lowest BCUT2D eigenvalue weighted by atomic mass is 10.2. The largest absolute Gasteiger partial charge is 0.352 e. The Morgan fingerprint density at radius 3 is 2.81 bits per heavy atom. The first-order chi connectivity index (χ1) is 7.70. The number of nitrogens with one attached hydrogen (secondary N) is 1. The molecule has 1 fully saturated rings. The summed E-state index contributed by atoms with van der Waals surface area (Å²) in [6.07, 6.45) is 5.95. The number of hydrogen-bond donors (Lipinski definition) is 2. The predicted molar refractivity (Wildman–Crippen MR) is 65.0 cm³/mol. The Balaban J connectivity index is 2.16. The second-order valence-electron chi connectivity index (χ2n) is 4.68. The molecule has 3 N–H and O–H groups in total. The molecule has 5 nitrogen and oxygen atoms in total. The average Bonchev–Trinajstić information content (AvgIpc) is 3.09. The van der Waals surface area contributed by atoms with E-state index in [2.05, 4.69) is 34.1 Å². The molecule has 0 spiro atoms. The topological polar surface area (TPSA) is 67.1 Å². The SMILES string of the molecule is CC(C)CN(c1cncc(NN)n1)C1CC1. The minimum Gasteiger partial charge on any atom is -0.352 e. The first kappa shape index (κ1) is 11.1. The molecule has 16 heavy (non-hydrogen) atoms. The summed E-state index contributed by atoms with van der Waals surface area (Å²) < 4.78 is 0. The van der Waals surface area contributed by atoms with Crippen LogP contribution in [0, 0.1) is 5.92 Å². The molecule has 0 amide bonds. The molecule has 1 saturated carbocycles. The molecule has 1 aromatic rings. The Kier molecular flexibility index (Phi) is 3.24. The van der Waals surface area contributed by atoms with Crippen LogP contribution >= 0.6 is 0 Å². The molecule has 0 saturated heterocycles. The van der Waals surface area contributed by atoms with E-state index in [1.165, 1.54) is 12.8 Å². The van der Waals surface area contributed by atoms with Crippen LogP contribution in [-0.2, 0) is 0 Å². The maximum Gasteiger partial charge on any atom is 0.160 e. The number of nitrogens with zero attached hydrogens (tertiary/aromatic N) is 3. The van der Waals surface area contributed by atoms with Crippen molar-refractivity contribution < 1.29 is 0 Å². The highest BCUT2D eigenvalue weighted by Gasteiger charge is 2.30. The molecular weight excluding hydrogens is 202 g/mol. The van der Waals surface area contributed by atoms with Gasteiger partial charge in [0.2, 0.25) is 0 Å². The third kappa shape index (κ3) is 2.61. The quantitative estimate of drug-likeness (QED) is 0.581. The van der Waals surface area contributed by atoms with E-state index in [1.54, 1.807) is 6.20 Å². The number of anilines is 2. The van der Waals surface area contributed by atoms with Crippen molar-refractivity contribution in [1.29, 1.82) is 0 Å². The summed E-state index contributed by atoms with van der Waals surface area (Å²) in [5, 5.41) is 0. The van der Waals surface area contributed by atoms with Gasteiger partial charge in [0, 0.05) is 12.6 Å². The van der Waals surface area contributed by atoms with E-state index in [9.17, 15) is 0 Å². The summed E-state index contributed by atoms with van der Waals surface area (Å²) >= 11 is 0. The zero-order chi connectivity index (χ0) is 11.5. The van der Waals surface area contributed by atoms with Gasteiger partial charge in [-0.3, -0.25) is 4.98 Å². The number of hydrazine groups is 1. The van der Waals surface area contributed by atoms with E-state index in [4.69, 9.17) is 5.84 Å². The zero-order valence-corrected chi connectivity index (χ0v) is 9.85. The third-order valence-corrected chi connectivity index (χ3v) is 2.61. The first-order valence-corrected chi connectivity index (χ1v) is 5.76. The van der Waals surface area contributed by atoms with Crippen molar-refractivity contribution in [3.05, 3.63) is 12.4 Å². The van der Waals surface area contributed by atoms with Gasteiger partial charge in [-0.2, -0.15) is 0 Å². The van der Waals surface area contributed by atoms with Crippen LogP contribution in [0.15, 0.2) is 12.4 Å². The number of hydrogen-bond acceptors (Lipinski definition) is 5. The van der Waals surface area contributed by atoms with Crippen LogP contribution in [0.1, 0.15) is 26.7 Å². The standard InChI is InChI=1S/C11H19N5/c1-8(2)7-16(9-3-4-9)11-6-13-5-10(14-11)15-12/h5-6,8-9H,3-4,7,12H2,1-2H3,(H,14,15). The molecule has 1 aliphatic rings. The summed E-state index contributed by atoms with van der Waals surface area (Å²) in [6.45, 7) is 5.45. The number of nitrogens with two attached hydrogens (primary N) is 1. The first-order valence-electron chi connectivity index (χ1n) is 5.76. The fraction of sp³-hybridized carbons (Fsp3) is 0.636. The summed E-state index contributed by atoms with van der Waals surface area (Å²) in [5.74, 6) is 7.50. The van der Waals surface area contributed by atoms with Gasteiger partial charge in [0.05, 0.1) is 12.4 Å². The Morgan fingerprint density at radius 2 is 2.25 bits per heavy atom. The number of nitrogen functional groups attached to an aromatic ring is 1. The average molecular weight is 221 g/mol. The third-order valence-electron chi connectivity index (χ3n) is 2.61. The molecule has 1 aliphatic carbocycles. The highest BCUT2D eigenvalue weighted by Crippen LogP contribution is 2.31. The monoisotopic (exact) mass is 221 g/mol. The van der Waals surface area contributed by atoms with Gasteiger partial charge in [-0.15, -0.1) is 0 Å². The maximum absolute atomic E-state index is 5.34. The second kappa shape index (κ2) is 4.65. The zero-order valence-electron chi connectivity index (χ0n) is 9.85. The number of aromatic nitrogens is 2. The van der Waals surface area contributed by atoms with Gasteiger partial charge in [-0.1, -0.05) is 13.8 Å². The molecule has 5 heteroatoms. The normalized spacial score (nSPS) is 15.2. The molecule has 0 bridgehead atoms. The molecule has 1 heterocycles. The molecule has 0 radical (unpaired) electrons. The van der Waals surface area contributed by atoms with Crippen LogP contribution < -0.4 is 16.2 Å². The summed E-state index contributed by atoms with van der Waals surface area (Å²) in [6, 6.07) is 0.643. The maximum atomic E-state index is 5.34. The van der Waals surface area contributed by atoms with E-state index < -0.39 is 0 Å². The van der Waals surface area contributed by atoms with E-state index >= 15 is 0 Å². The van der Waals surface area contributed by atoms with Gasteiger partial charge in [0.1, 0.15) is 5.82 Å². The van der Waals surface area contributed by atoms with E-state index in [0.29, 0.717) is 17.8 Å². The molecular formula is C11H19N5. The minimum absolute atomic E-state index is 0.618. The summed E-state index contributed by atoms with van der Waals surface area (Å²) in [7, 11) is 0. The van der Waals surface area contributed by atoms with Crippen LogP contribution in [0.4, 0.5) is 11.6 Å². The molecule has 0 aliphatic heterocycles. The molecule has 0 atom stereocenters. The van der Waals surface area contributed by atoms with Gasteiger partial charge in [-0.05, 0) is 18.8 Å². The summed E-state index contributed by atoms with van der Waals surface area (Å²) in [4.78, 5) is 10.9. The Hall–Kier alpha value is -1.36. The van der Waals surface area contributed by atoms with Crippen LogP contribution in [-0.4, -0.2) is 22.6 Å². The van der Waals surface area contributed by atoms with E-state index in [1.807, 2.05) is 6.20 Å². The van der Waals surface area contributed by atoms with Crippen LogP contribution in [0.2, 0.25) is 0 Å². The van der Waals surface area contributed by atoms with Gasteiger partial charge < -0.3 is 10.3 Å². The van der Waals surface area contributed by atoms with Gasteiger partial charge in [0.25, 0.3) is 0 Å². The lowest BCUT2D eigenvalue weighted by Gasteiger charge is -2.25. The van der Waals surface area contributed by atoms with Gasteiger partial charge >= 0.3 is 0 Å². The second-order valence-corrected chi connectivity index (χ2v) is 4.68. The molecule has 0 unspecified atom stereocenters. The van der Waals surface area contributed by atoms with Crippen molar-refractivity contribution in [3.63, 3.8) is 0 Å². The van der Waals surface area contributed by atoms with Crippen LogP contribution in [0.3, 0.4) is 0 Å². The fourth-order valence-corrected chi connectivity index (χ4v) is 1.77. The fourth-order valence-electron chi connectivity index (χ4n) is 1.77. The van der Waals surface area contributed by atoms with Gasteiger partial charge in [0.15, 0.2) is 5.82 Å². The van der Waals surface area contributed by atoms with Crippen LogP contribution in [0.25, 0.3) is 0 Å². The predicted octanol–water partition coefficient (Wildman–Crippen LogP) is 1.39. The number of rotatable bonds is 5. The Labute approximate surface area is 96.0 Å². The van der Waals surface area contributed by atoms with Crippen molar-refractivity contribution in [1.82, 2.24) is 9.97 Å². The van der Waals surface area contributed by atoms with Gasteiger partial charge in [-0.25, -0.2) is 10.8 Å². The van der Waals surface area contributed by atoms with Crippen molar-refractivity contribution >= 4 is 11.6 Å². The Morgan fingerprint density at radius 1 is 1.50 bits per heavy atom.